The van der Waals surface area contributed by atoms with Gasteiger partial charge in [0, 0.05) is 19.0 Å². The molecule has 0 aromatic carbocycles. The van der Waals surface area contributed by atoms with E-state index in [2.05, 4.69) is 24.9 Å². The maximum atomic E-state index is 6.49. The second kappa shape index (κ2) is 5.81. The number of aromatic nitrogens is 1. The second-order valence-corrected chi connectivity index (χ2v) is 5.46. The molecule has 0 amide bonds. The maximum absolute atomic E-state index is 6.49. The zero-order chi connectivity index (χ0) is 13.0. The van der Waals surface area contributed by atoms with Gasteiger partial charge in [0.05, 0.1) is 11.6 Å². The van der Waals surface area contributed by atoms with Gasteiger partial charge in [-0.15, -0.1) is 0 Å². The summed E-state index contributed by atoms with van der Waals surface area (Å²) in [4.78, 5) is 4.18. The average Bonchev–Trinajstić information content (AvgIpc) is 2.39. The van der Waals surface area contributed by atoms with Crippen molar-refractivity contribution in [3.05, 3.63) is 30.1 Å². The molecular weight excluding hydrogens is 224 g/mol. The molecule has 1 aliphatic rings. The first-order valence-corrected chi connectivity index (χ1v) is 6.97. The van der Waals surface area contributed by atoms with Crippen LogP contribution >= 0.6 is 0 Å². The van der Waals surface area contributed by atoms with Crippen LogP contribution in [0.1, 0.15) is 51.1 Å². The molecule has 3 nitrogen and oxygen atoms in total. The molecule has 0 bridgehead atoms. The van der Waals surface area contributed by atoms with Gasteiger partial charge in [-0.05, 0) is 37.3 Å². The number of nitrogens with zero attached hydrogens (tertiary/aromatic N) is 1. The molecule has 0 spiro atoms. The molecule has 2 N–H and O–H groups in total. The fraction of sp³-hybridized carbons (Fsp3) is 0.667. The molecule has 18 heavy (non-hydrogen) atoms. The van der Waals surface area contributed by atoms with Crippen LogP contribution in [0.5, 0.6) is 0 Å². The minimum Gasteiger partial charge on any atom is -0.373 e. The van der Waals surface area contributed by atoms with E-state index < -0.39 is 0 Å². The highest BCUT2D eigenvalue weighted by molar-refractivity contribution is 5.18. The normalized spacial score (nSPS) is 30.1. The van der Waals surface area contributed by atoms with Gasteiger partial charge < -0.3 is 10.5 Å². The van der Waals surface area contributed by atoms with Gasteiger partial charge in [-0.3, -0.25) is 4.98 Å². The Balaban J connectivity index is 2.23. The number of hydrogen-bond donors (Lipinski definition) is 1. The third-order valence-electron chi connectivity index (χ3n) is 4.03. The smallest absolute Gasteiger partial charge is 0.0877 e. The van der Waals surface area contributed by atoms with Gasteiger partial charge >= 0.3 is 0 Å². The first-order valence-electron chi connectivity index (χ1n) is 6.97. The summed E-state index contributed by atoms with van der Waals surface area (Å²) in [6.07, 6.45) is 8.25. The molecule has 3 unspecified atom stereocenters. The van der Waals surface area contributed by atoms with Crippen molar-refractivity contribution in [3.8, 4) is 0 Å². The summed E-state index contributed by atoms with van der Waals surface area (Å²) >= 11 is 0. The van der Waals surface area contributed by atoms with Crippen molar-refractivity contribution in [1.29, 1.82) is 0 Å². The lowest BCUT2D eigenvalue weighted by atomic mass is 9.73. The summed E-state index contributed by atoms with van der Waals surface area (Å²) < 4.78 is 6.10. The van der Waals surface area contributed by atoms with Crippen LogP contribution in [0.4, 0.5) is 0 Å². The van der Waals surface area contributed by atoms with Crippen LogP contribution < -0.4 is 5.73 Å². The van der Waals surface area contributed by atoms with Crippen molar-refractivity contribution in [2.75, 3.05) is 6.61 Å². The van der Waals surface area contributed by atoms with Crippen molar-refractivity contribution < 1.29 is 4.74 Å². The first-order chi connectivity index (χ1) is 8.68. The Kier molecular flexibility index (Phi) is 4.36. The van der Waals surface area contributed by atoms with E-state index in [9.17, 15) is 0 Å². The molecule has 1 aliphatic carbocycles. The van der Waals surface area contributed by atoms with Crippen LogP contribution in [-0.4, -0.2) is 17.2 Å². The molecular formula is C15H24N2O. The molecule has 1 aromatic heterocycles. The molecule has 0 aliphatic heterocycles. The lowest BCUT2D eigenvalue weighted by Gasteiger charge is -2.44. The summed E-state index contributed by atoms with van der Waals surface area (Å²) in [7, 11) is 0. The fourth-order valence-corrected chi connectivity index (χ4v) is 3.20. The van der Waals surface area contributed by atoms with E-state index in [1.807, 2.05) is 12.3 Å². The van der Waals surface area contributed by atoms with E-state index in [1.165, 1.54) is 12.8 Å². The summed E-state index contributed by atoms with van der Waals surface area (Å²) in [6.45, 7) is 5.07. The van der Waals surface area contributed by atoms with Gasteiger partial charge in [-0.1, -0.05) is 25.8 Å². The number of ether oxygens (including phenoxy) is 1. The van der Waals surface area contributed by atoms with Crippen LogP contribution in [0.25, 0.3) is 0 Å². The Morgan fingerprint density at radius 3 is 3.06 bits per heavy atom. The fourth-order valence-electron chi connectivity index (χ4n) is 3.20. The van der Waals surface area contributed by atoms with E-state index in [1.54, 1.807) is 6.20 Å². The quantitative estimate of drug-likeness (QED) is 0.890. The average molecular weight is 248 g/mol. The van der Waals surface area contributed by atoms with Crippen LogP contribution in [0.2, 0.25) is 0 Å². The minimum atomic E-state index is -0.199. The Morgan fingerprint density at radius 1 is 1.61 bits per heavy atom. The lowest BCUT2D eigenvalue weighted by Crippen LogP contribution is -2.47. The predicted octanol–water partition coefficient (Wildman–Crippen LogP) is 3.07. The molecule has 2 rings (SSSR count). The van der Waals surface area contributed by atoms with Crippen molar-refractivity contribution in [1.82, 2.24) is 4.98 Å². The van der Waals surface area contributed by atoms with Gasteiger partial charge in [0.2, 0.25) is 0 Å². The van der Waals surface area contributed by atoms with Gasteiger partial charge in [0.1, 0.15) is 0 Å². The van der Waals surface area contributed by atoms with Crippen molar-refractivity contribution in [2.45, 2.75) is 51.2 Å². The van der Waals surface area contributed by atoms with E-state index in [0.29, 0.717) is 5.92 Å². The molecule has 1 heterocycles. The van der Waals surface area contributed by atoms with Gasteiger partial charge in [-0.2, -0.15) is 0 Å². The standard InChI is InChI=1S/C15H24N2O/c1-3-18-15(8-4-6-12(2)10-15)14(16)13-7-5-9-17-11-13/h5,7,9,11-12,14H,3-4,6,8,10,16H2,1-2H3. The molecule has 1 fully saturated rings. The highest BCUT2D eigenvalue weighted by Gasteiger charge is 2.41. The Hall–Kier alpha value is -0.930. The van der Waals surface area contributed by atoms with Crippen LogP contribution in [0.3, 0.4) is 0 Å². The topological polar surface area (TPSA) is 48.1 Å². The zero-order valence-corrected chi connectivity index (χ0v) is 11.4. The van der Waals surface area contributed by atoms with Crippen LogP contribution in [-0.2, 0) is 4.74 Å². The third kappa shape index (κ3) is 2.73. The van der Waals surface area contributed by atoms with E-state index >= 15 is 0 Å². The summed E-state index contributed by atoms with van der Waals surface area (Å²) in [5.74, 6) is 0.688. The highest BCUT2D eigenvalue weighted by Crippen LogP contribution is 2.42. The summed E-state index contributed by atoms with van der Waals surface area (Å²) in [6, 6.07) is 3.92. The Morgan fingerprint density at radius 2 is 2.44 bits per heavy atom. The molecule has 1 aromatic rings. The SMILES string of the molecule is CCOC1(C(N)c2cccnc2)CCCC(C)C1. The number of hydrogen-bond acceptors (Lipinski definition) is 3. The number of pyridine rings is 1. The molecule has 0 saturated heterocycles. The van der Waals surface area contributed by atoms with Crippen molar-refractivity contribution in [3.63, 3.8) is 0 Å². The van der Waals surface area contributed by atoms with Gasteiger partial charge in [-0.25, -0.2) is 0 Å². The second-order valence-electron chi connectivity index (χ2n) is 5.46. The number of rotatable bonds is 4. The largest absolute Gasteiger partial charge is 0.373 e. The Bertz CT molecular complexity index is 364. The zero-order valence-electron chi connectivity index (χ0n) is 11.4. The van der Waals surface area contributed by atoms with Crippen molar-refractivity contribution in [2.24, 2.45) is 11.7 Å². The van der Waals surface area contributed by atoms with Crippen LogP contribution in [0, 0.1) is 5.92 Å². The molecule has 3 heteroatoms. The van der Waals surface area contributed by atoms with E-state index in [4.69, 9.17) is 10.5 Å². The highest BCUT2D eigenvalue weighted by atomic mass is 16.5. The minimum absolute atomic E-state index is 0.0751. The molecule has 1 saturated carbocycles. The predicted molar refractivity (Wildman–Crippen MR) is 73.2 cm³/mol. The first kappa shape index (κ1) is 13.5. The number of nitrogens with two attached hydrogens (primary N) is 1. The summed E-state index contributed by atoms with van der Waals surface area (Å²) in [5.41, 5.74) is 7.37. The van der Waals surface area contributed by atoms with Gasteiger partial charge in [0.15, 0.2) is 0 Å². The third-order valence-corrected chi connectivity index (χ3v) is 4.03. The van der Waals surface area contributed by atoms with E-state index in [-0.39, 0.29) is 11.6 Å². The summed E-state index contributed by atoms with van der Waals surface area (Å²) in [5, 5.41) is 0. The monoisotopic (exact) mass is 248 g/mol. The van der Waals surface area contributed by atoms with Crippen molar-refractivity contribution >= 4 is 0 Å². The Labute approximate surface area is 110 Å². The maximum Gasteiger partial charge on any atom is 0.0877 e. The molecule has 100 valence electrons. The lowest BCUT2D eigenvalue weighted by molar-refractivity contribution is -0.0939. The van der Waals surface area contributed by atoms with E-state index in [0.717, 1.165) is 25.0 Å². The van der Waals surface area contributed by atoms with Gasteiger partial charge in [0.25, 0.3) is 0 Å². The molecule has 0 radical (unpaired) electrons. The van der Waals surface area contributed by atoms with Crippen LogP contribution in [0.15, 0.2) is 24.5 Å². The molecule has 3 atom stereocenters.